The monoisotopic (exact) mass is 701 g/mol. The minimum atomic E-state index is -4.50. The minimum absolute atomic E-state index is 0.0186. The van der Waals surface area contributed by atoms with Crippen LogP contribution in [0.25, 0.3) is 0 Å². The third-order valence-corrected chi connectivity index (χ3v) is 10.0. The second-order valence-corrected chi connectivity index (χ2v) is 14.2. The number of aliphatic hydroxyl groups excluding tert-OH is 1. The molecule has 4 atom stereocenters. The Morgan fingerprint density at radius 2 is 1.85 bits per heavy atom. The van der Waals surface area contributed by atoms with Crippen molar-refractivity contribution in [2.45, 2.75) is 82.2 Å². The van der Waals surface area contributed by atoms with E-state index in [-0.39, 0.29) is 41.1 Å². The molecule has 11 nitrogen and oxygen atoms in total. The Kier molecular flexibility index (Phi) is 14.1. The van der Waals surface area contributed by atoms with Gasteiger partial charge in [-0.2, -0.15) is 17.5 Å². The maximum absolute atomic E-state index is 14.2. The molecule has 0 saturated carbocycles. The third kappa shape index (κ3) is 11.1. The van der Waals surface area contributed by atoms with Gasteiger partial charge in [-0.05, 0) is 75.6 Å². The van der Waals surface area contributed by atoms with E-state index in [1.165, 1.54) is 53.7 Å². The Bertz CT molecular complexity index is 1470. The summed E-state index contributed by atoms with van der Waals surface area (Å²) in [6, 6.07) is 9.64. The molecule has 48 heavy (non-hydrogen) atoms. The summed E-state index contributed by atoms with van der Waals surface area (Å²) in [7, 11) is -0.960. The van der Waals surface area contributed by atoms with Crippen LogP contribution in [-0.4, -0.2) is 99.4 Å². The van der Waals surface area contributed by atoms with Crippen molar-refractivity contribution in [3.8, 4) is 11.5 Å². The number of hydrogen-bond acceptors (Lipinski definition) is 8. The van der Waals surface area contributed by atoms with Crippen molar-refractivity contribution >= 4 is 27.5 Å². The van der Waals surface area contributed by atoms with E-state index >= 15 is 0 Å². The molecule has 268 valence electrons. The fourth-order valence-corrected chi connectivity index (χ4v) is 6.40. The van der Waals surface area contributed by atoms with Gasteiger partial charge in [0.1, 0.15) is 11.5 Å². The number of ether oxygens (including phenoxy) is 3. The van der Waals surface area contributed by atoms with Crippen molar-refractivity contribution in [2.24, 2.45) is 5.92 Å². The number of carbonyl (C=O) groups excluding carboxylic acids is 2. The molecule has 15 heteroatoms. The first-order valence-electron chi connectivity index (χ1n) is 15.9. The second-order valence-electron chi connectivity index (χ2n) is 12.1. The summed E-state index contributed by atoms with van der Waals surface area (Å²) in [6.07, 6.45) is -5.55. The number of nitrogens with one attached hydrogen (secondary N) is 1. The van der Waals surface area contributed by atoms with Gasteiger partial charge in [0, 0.05) is 44.8 Å². The standard InChI is InChI=1S/C33H46F3N3O8S/c1-22-19-39(23(2)21-40)32(42)28-18-25(37-31(41)15-16-33(34,35)36)9-14-29(28)47-24(3)8-6-7-17-46-30(22)20-38(4)48(43,44)27-12-10-26(45-5)11-13-27/h9-14,18,22-24,30,40H,6-8,15-17,19-21H2,1-5H3,(H,37,41)/t22-,23+,24+,30+/m0/s1. The van der Waals surface area contributed by atoms with Gasteiger partial charge in [0.2, 0.25) is 15.9 Å². The lowest BCUT2D eigenvalue weighted by Gasteiger charge is -2.35. The van der Waals surface area contributed by atoms with Crippen LogP contribution in [0.15, 0.2) is 47.4 Å². The van der Waals surface area contributed by atoms with Gasteiger partial charge in [0.15, 0.2) is 0 Å². The van der Waals surface area contributed by atoms with Crippen molar-refractivity contribution in [2.75, 3.05) is 45.8 Å². The molecule has 0 radical (unpaired) electrons. The predicted molar refractivity (Wildman–Crippen MR) is 174 cm³/mol. The van der Waals surface area contributed by atoms with Crippen LogP contribution in [0.3, 0.4) is 0 Å². The smallest absolute Gasteiger partial charge is 0.389 e. The van der Waals surface area contributed by atoms with Crippen molar-refractivity contribution in [1.29, 1.82) is 0 Å². The summed E-state index contributed by atoms with van der Waals surface area (Å²) < 4.78 is 83.6. The van der Waals surface area contributed by atoms with Crippen LogP contribution in [0, 0.1) is 5.92 Å². The molecule has 0 aromatic heterocycles. The van der Waals surface area contributed by atoms with Crippen LogP contribution in [0.5, 0.6) is 11.5 Å². The van der Waals surface area contributed by atoms with E-state index in [9.17, 15) is 36.3 Å². The molecule has 1 aliphatic rings. The van der Waals surface area contributed by atoms with E-state index in [1.54, 1.807) is 19.1 Å². The summed E-state index contributed by atoms with van der Waals surface area (Å²) in [5.41, 5.74) is 0.166. The number of hydrogen-bond donors (Lipinski definition) is 2. The Morgan fingerprint density at radius 1 is 1.17 bits per heavy atom. The molecule has 0 bridgehead atoms. The molecule has 0 aliphatic carbocycles. The highest BCUT2D eigenvalue weighted by atomic mass is 32.2. The number of benzene rings is 2. The topological polar surface area (TPSA) is 135 Å². The zero-order chi connectivity index (χ0) is 35.6. The molecule has 2 amide bonds. The molecule has 3 rings (SSSR count). The van der Waals surface area contributed by atoms with Gasteiger partial charge >= 0.3 is 6.18 Å². The van der Waals surface area contributed by atoms with E-state index in [0.717, 1.165) is 0 Å². The Labute approximate surface area is 280 Å². The maximum Gasteiger partial charge on any atom is 0.389 e. The number of carbonyl (C=O) groups is 2. The van der Waals surface area contributed by atoms with Crippen LogP contribution in [0.1, 0.15) is 63.2 Å². The minimum Gasteiger partial charge on any atom is -0.497 e. The lowest BCUT2D eigenvalue weighted by Crippen LogP contribution is -2.48. The maximum atomic E-state index is 14.2. The van der Waals surface area contributed by atoms with Crippen LogP contribution in [0.2, 0.25) is 0 Å². The zero-order valence-electron chi connectivity index (χ0n) is 28.0. The van der Waals surface area contributed by atoms with Crippen molar-refractivity contribution in [3.05, 3.63) is 48.0 Å². The molecule has 0 fully saturated rings. The Balaban J connectivity index is 1.93. The molecule has 2 aromatic rings. The van der Waals surface area contributed by atoms with Crippen LogP contribution in [0.4, 0.5) is 18.9 Å². The van der Waals surface area contributed by atoms with E-state index in [4.69, 9.17) is 14.2 Å². The van der Waals surface area contributed by atoms with Gasteiger partial charge in [-0.25, -0.2) is 8.42 Å². The van der Waals surface area contributed by atoms with E-state index in [2.05, 4.69) is 5.32 Å². The SMILES string of the molecule is COc1ccc(S(=O)(=O)N(C)C[C@H]2OCCCC[C@@H](C)Oc3ccc(NC(=O)CCC(F)(F)F)cc3C(=O)N([C@H](C)CO)C[C@@H]2C)cc1. The van der Waals surface area contributed by atoms with Crippen molar-refractivity contribution in [1.82, 2.24) is 9.21 Å². The second kappa shape index (κ2) is 17.3. The lowest BCUT2D eigenvalue weighted by atomic mass is 10.0. The first-order valence-corrected chi connectivity index (χ1v) is 17.3. The molecule has 0 spiro atoms. The number of alkyl halides is 3. The molecule has 0 unspecified atom stereocenters. The fraction of sp³-hybridized carbons (Fsp3) is 0.576. The quantitative estimate of drug-likeness (QED) is 0.350. The van der Waals surface area contributed by atoms with Crippen LogP contribution in [-0.2, 0) is 19.6 Å². The number of methoxy groups -OCH3 is 1. The highest BCUT2D eigenvalue weighted by Gasteiger charge is 2.33. The molecule has 2 aromatic carbocycles. The van der Waals surface area contributed by atoms with Gasteiger partial charge in [-0.3, -0.25) is 9.59 Å². The largest absolute Gasteiger partial charge is 0.497 e. The molecule has 1 heterocycles. The van der Waals surface area contributed by atoms with E-state index in [0.29, 0.717) is 31.6 Å². The average molecular weight is 702 g/mol. The summed E-state index contributed by atoms with van der Waals surface area (Å²) >= 11 is 0. The number of amides is 2. The van der Waals surface area contributed by atoms with Gasteiger partial charge < -0.3 is 29.5 Å². The summed E-state index contributed by atoms with van der Waals surface area (Å²) in [6.45, 7) is 5.30. The van der Waals surface area contributed by atoms with Gasteiger partial charge in [0.25, 0.3) is 5.91 Å². The van der Waals surface area contributed by atoms with Crippen molar-refractivity contribution in [3.63, 3.8) is 0 Å². The summed E-state index contributed by atoms with van der Waals surface area (Å²) in [5, 5.41) is 12.6. The number of rotatable bonds is 10. The molecular weight excluding hydrogens is 655 g/mol. The van der Waals surface area contributed by atoms with E-state index in [1.807, 2.05) is 13.8 Å². The normalized spacial score (nSPS) is 20.8. The van der Waals surface area contributed by atoms with Gasteiger partial charge in [-0.15, -0.1) is 0 Å². The first kappa shape index (κ1) is 39.0. The van der Waals surface area contributed by atoms with Gasteiger partial charge in [0.05, 0.1) is 48.8 Å². The summed E-state index contributed by atoms with van der Waals surface area (Å²) in [4.78, 5) is 28.0. The molecular formula is C33H46F3N3O8S. The average Bonchev–Trinajstić information content (AvgIpc) is 3.04. The van der Waals surface area contributed by atoms with Crippen molar-refractivity contribution < 1.29 is 50.5 Å². The van der Waals surface area contributed by atoms with Crippen LogP contribution >= 0.6 is 0 Å². The number of halogens is 3. The zero-order valence-corrected chi connectivity index (χ0v) is 28.8. The predicted octanol–water partition coefficient (Wildman–Crippen LogP) is 5.09. The number of fused-ring (bicyclic) bond motifs is 1. The number of nitrogens with zero attached hydrogens (tertiary/aromatic N) is 2. The van der Waals surface area contributed by atoms with Crippen LogP contribution < -0.4 is 14.8 Å². The lowest BCUT2D eigenvalue weighted by molar-refractivity contribution is -0.142. The number of aliphatic hydroxyl groups is 1. The number of likely N-dealkylation sites (N-methyl/N-ethyl adjacent to an activating group) is 1. The van der Waals surface area contributed by atoms with E-state index < -0.39 is 65.5 Å². The number of sulfonamides is 1. The first-order chi connectivity index (χ1) is 22.5. The highest BCUT2D eigenvalue weighted by Crippen LogP contribution is 2.29. The molecule has 1 aliphatic heterocycles. The third-order valence-electron chi connectivity index (χ3n) is 8.18. The number of anilines is 1. The Hall–Kier alpha value is -3.40. The molecule has 0 saturated heterocycles. The highest BCUT2D eigenvalue weighted by molar-refractivity contribution is 7.89. The Morgan fingerprint density at radius 3 is 2.48 bits per heavy atom. The summed E-state index contributed by atoms with van der Waals surface area (Å²) in [5.74, 6) is -1.10. The van der Waals surface area contributed by atoms with Gasteiger partial charge in [-0.1, -0.05) is 6.92 Å². The molecule has 2 N–H and O–H groups in total. The fourth-order valence-electron chi connectivity index (χ4n) is 5.22.